The van der Waals surface area contributed by atoms with Crippen LogP contribution in [0.5, 0.6) is 0 Å². The number of aromatic nitrogens is 1. The third kappa shape index (κ3) is 2.98. The summed E-state index contributed by atoms with van der Waals surface area (Å²) in [5.41, 5.74) is 4.06. The molecular formula is C16H19N3O2S. The Bertz CT molecular complexity index is 757. The number of pyridine rings is 1. The fraction of sp³-hybridized carbons (Fsp3) is 0.375. The fourth-order valence-corrected chi connectivity index (χ4v) is 3.77. The summed E-state index contributed by atoms with van der Waals surface area (Å²) in [5, 5.41) is 3.42. The summed E-state index contributed by atoms with van der Waals surface area (Å²) >= 11 is 1.48. The number of aryl methyl sites for hydroxylation is 2. The van der Waals surface area contributed by atoms with Crippen LogP contribution in [-0.4, -0.2) is 17.1 Å². The zero-order valence-corrected chi connectivity index (χ0v) is 13.5. The first-order valence-corrected chi connectivity index (χ1v) is 8.21. The van der Waals surface area contributed by atoms with Crippen molar-refractivity contribution in [1.82, 2.24) is 9.99 Å². The van der Waals surface area contributed by atoms with Gasteiger partial charge in [0, 0.05) is 22.7 Å². The summed E-state index contributed by atoms with van der Waals surface area (Å²) in [6.45, 7) is 4.69. The fourth-order valence-electron chi connectivity index (χ4n) is 2.76. The highest BCUT2D eigenvalue weighted by Gasteiger charge is 2.20. The Balaban J connectivity index is 1.79. The minimum absolute atomic E-state index is 0.222. The summed E-state index contributed by atoms with van der Waals surface area (Å²) in [7, 11) is 0. The van der Waals surface area contributed by atoms with Gasteiger partial charge in [0.15, 0.2) is 0 Å². The molecule has 0 aliphatic carbocycles. The van der Waals surface area contributed by atoms with Gasteiger partial charge in [0.05, 0.1) is 4.88 Å². The minimum atomic E-state index is -0.247. The van der Waals surface area contributed by atoms with Crippen molar-refractivity contribution in [2.75, 3.05) is 12.0 Å². The van der Waals surface area contributed by atoms with Gasteiger partial charge in [0.1, 0.15) is 0 Å². The van der Waals surface area contributed by atoms with Crippen molar-refractivity contribution < 1.29 is 4.79 Å². The first kappa shape index (κ1) is 15.0. The first-order valence-electron chi connectivity index (χ1n) is 7.39. The third-order valence-corrected chi connectivity index (χ3v) is 5.03. The molecule has 1 fully saturated rings. The molecule has 1 amide bonds. The molecule has 2 aromatic rings. The maximum absolute atomic E-state index is 12.4. The quantitative estimate of drug-likeness (QED) is 0.913. The van der Waals surface area contributed by atoms with Crippen LogP contribution >= 0.6 is 11.3 Å². The first-order chi connectivity index (χ1) is 10.5. The molecule has 0 spiro atoms. The van der Waals surface area contributed by atoms with E-state index in [-0.39, 0.29) is 11.5 Å². The van der Waals surface area contributed by atoms with Crippen molar-refractivity contribution in [1.29, 1.82) is 0 Å². The van der Waals surface area contributed by atoms with E-state index >= 15 is 0 Å². The van der Waals surface area contributed by atoms with Gasteiger partial charge in [0.2, 0.25) is 0 Å². The predicted octanol–water partition coefficient (Wildman–Crippen LogP) is 2.34. The second-order valence-electron chi connectivity index (χ2n) is 5.64. The highest BCUT2D eigenvalue weighted by molar-refractivity contribution is 7.14. The maximum atomic E-state index is 12.4. The molecule has 2 N–H and O–H groups in total. The van der Waals surface area contributed by atoms with Crippen molar-refractivity contribution in [3.8, 4) is 0 Å². The highest BCUT2D eigenvalue weighted by Crippen LogP contribution is 2.29. The van der Waals surface area contributed by atoms with Gasteiger partial charge < -0.3 is 5.32 Å². The lowest BCUT2D eigenvalue weighted by atomic mass is 10.2. The Morgan fingerprint density at radius 2 is 2.18 bits per heavy atom. The Morgan fingerprint density at radius 1 is 1.36 bits per heavy atom. The number of carbonyl (C=O) groups excluding carboxylic acids is 1. The molecule has 2 aromatic heterocycles. The van der Waals surface area contributed by atoms with E-state index in [9.17, 15) is 9.59 Å². The summed E-state index contributed by atoms with van der Waals surface area (Å²) < 4.78 is 1.29. The Labute approximate surface area is 133 Å². The number of rotatable bonds is 3. The van der Waals surface area contributed by atoms with Gasteiger partial charge in [-0.3, -0.25) is 15.0 Å². The summed E-state index contributed by atoms with van der Waals surface area (Å²) in [4.78, 5) is 26.1. The monoisotopic (exact) mass is 317 g/mol. The molecule has 22 heavy (non-hydrogen) atoms. The van der Waals surface area contributed by atoms with Crippen molar-refractivity contribution >= 4 is 17.2 Å². The molecular weight excluding hydrogens is 298 g/mol. The Hall–Kier alpha value is -1.92. The number of hydrogen-bond acceptors (Lipinski definition) is 4. The molecule has 1 aliphatic rings. The van der Waals surface area contributed by atoms with E-state index in [4.69, 9.17) is 0 Å². The summed E-state index contributed by atoms with van der Waals surface area (Å²) in [6.07, 6.45) is 2.28. The van der Waals surface area contributed by atoms with Crippen molar-refractivity contribution in [2.45, 2.75) is 32.7 Å². The van der Waals surface area contributed by atoms with E-state index < -0.39 is 0 Å². The summed E-state index contributed by atoms with van der Waals surface area (Å²) in [6, 6.07) is 7.55. The second-order valence-corrected chi connectivity index (χ2v) is 6.75. The third-order valence-electron chi connectivity index (χ3n) is 3.83. The van der Waals surface area contributed by atoms with Gasteiger partial charge in [-0.25, -0.2) is 4.68 Å². The SMILES string of the molecule is Cc1cc(C)n(NC(=O)c2ccc([C@@H]3CCCN3)s2)c(=O)c1. The molecule has 5 nitrogen and oxygen atoms in total. The van der Waals surface area contributed by atoms with E-state index in [0.717, 1.165) is 18.5 Å². The van der Waals surface area contributed by atoms with E-state index in [2.05, 4.69) is 10.7 Å². The standard InChI is InChI=1S/C16H19N3O2S/c1-10-8-11(2)19(15(20)9-10)18-16(21)14-6-5-13(22-14)12-4-3-7-17-12/h5-6,8-9,12,17H,3-4,7H2,1-2H3,(H,18,21)/t12-/m0/s1. The molecule has 1 saturated heterocycles. The zero-order chi connectivity index (χ0) is 15.7. The lowest BCUT2D eigenvalue weighted by Crippen LogP contribution is -2.34. The number of nitrogens with one attached hydrogen (secondary N) is 2. The average molecular weight is 317 g/mol. The van der Waals surface area contributed by atoms with Crippen LogP contribution in [-0.2, 0) is 0 Å². The van der Waals surface area contributed by atoms with Crippen LogP contribution in [0.4, 0.5) is 0 Å². The topological polar surface area (TPSA) is 63.1 Å². The molecule has 0 saturated carbocycles. The molecule has 0 bridgehead atoms. The lowest BCUT2D eigenvalue weighted by Gasteiger charge is -2.11. The molecule has 3 rings (SSSR count). The van der Waals surface area contributed by atoms with Gasteiger partial charge in [0.25, 0.3) is 11.5 Å². The smallest absolute Gasteiger partial charge is 0.280 e. The van der Waals surface area contributed by atoms with Crippen LogP contribution < -0.4 is 16.3 Å². The van der Waals surface area contributed by atoms with Crippen molar-refractivity contribution in [3.63, 3.8) is 0 Å². The van der Waals surface area contributed by atoms with Crippen LogP contribution in [0.2, 0.25) is 0 Å². The molecule has 116 valence electrons. The van der Waals surface area contributed by atoms with E-state index in [0.29, 0.717) is 16.6 Å². The van der Waals surface area contributed by atoms with Gasteiger partial charge >= 0.3 is 0 Å². The molecule has 0 unspecified atom stereocenters. The van der Waals surface area contributed by atoms with Crippen molar-refractivity contribution in [3.05, 3.63) is 55.6 Å². The molecule has 3 heterocycles. The van der Waals surface area contributed by atoms with Crippen LogP contribution in [0, 0.1) is 13.8 Å². The highest BCUT2D eigenvalue weighted by atomic mass is 32.1. The second kappa shape index (κ2) is 6.06. The Morgan fingerprint density at radius 3 is 2.86 bits per heavy atom. The molecule has 0 radical (unpaired) electrons. The molecule has 6 heteroatoms. The van der Waals surface area contributed by atoms with E-state index in [1.54, 1.807) is 6.92 Å². The van der Waals surface area contributed by atoms with Crippen LogP contribution in [0.3, 0.4) is 0 Å². The normalized spacial score (nSPS) is 17.6. The van der Waals surface area contributed by atoms with Gasteiger partial charge in [-0.1, -0.05) is 0 Å². The van der Waals surface area contributed by atoms with E-state index in [1.165, 1.54) is 33.4 Å². The minimum Gasteiger partial charge on any atom is -0.309 e. The Kier molecular flexibility index (Phi) is 4.13. The number of hydrogen-bond donors (Lipinski definition) is 2. The molecule has 0 aromatic carbocycles. The van der Waals surface area contributed by atoms with Crippen LogP contribution in [0.15, 0.2) is 29.1 Å². The number of carbonyl (C=O) groups is 1. The summed E-state index contributed by atoms with van der Waals surface area (Å²) in [5.74, 6) is -0.247. The van der Waals surface area contributed by atoms with Gasteiger partial charge in [-0.15, -0.1) is 11.3 Å². The molecule has 1 atom stereocenters. The number of amides is 1. The van der Waals surface area contributed by atoms with E-state index in [1.807, 2.05) is 25.1 Å². The van der Waals surface area contributed by atoms with Gasteiger partial charge in [-0.05, 0) is 57.0 Å². The zero-order valence-electron chi connectivity index (χ0n) is 12.7. The number of nitrogens with zero attached hydrogens (tertiary/aromatic N) is 1. The number of thiophene rings is 1. The average Bonchev–Trinajstić information content (AvgIpc) is 3.12. The molecule has 1 aliphatic heterocycles. The lowest BCUT2D eigenvalue weighted by molar-refractivity contribution is 0.101. The largest absolute Gasteiger partial charge is 0.309 e. The maximum Gasteiger partial charge on any atom is 0.280 e. The van der Waals surface area contributed by atoms with Gasteiger partial charge in [-0.2, -0.15) is 0 Å². The van der Waals surface area contributed by atoms with Crippen molar-refractivity contribution in [2.24, 2.45) is 0 Å². The predicted molar refractivity (Wildman–Crippen MR) is 88.2 cm³/mol. The van der Waals surface area contributed by atoms with Crippen LogP contribution in [0.1, 0.15) is 44.7 Å². The van der Waals surface area contributed by atoms with Crippen LogP contribution in [0.25, 0.3) is 0 Å².